The number of hydrogen-bond acceptors (Lipinski definition) is 0. The maximum Gasteiger partial charge on any atom is -0.0230 e. The Morgan fingerprint density at radius 2 is 1.31 bits per heavy atom. The van der Waals surface area contributed by atoms with Crippen LogP contribution in [0.15, 0.2) is 18.2 Å². The molecular formula is C13H21. The topological polar surface area (TPSA) is 0 Å². The van der Waals surface area contributed by atoms with Crippen molar-refractivity contribution in [2.75, 3.05) is 0 Å². The monoisotopic (exact) mass is 177 g/mol. The van der Waals surface area contributed by atoms with Gasteiger partial charge < -0.3 is 0 Å². The highest BCUT2D eigenvalue weighted by molar-refractivity contribution is 4.95. The molecule has 0 fully saturated rings. The quantitative estimate of drug-likeness (QED) is 0.513. The van der Waals surface area contributed by atoms with E-state index in [9.17, 15) is 0 Å². The van der Waals surface area contributed by atoms with Crippen LogP contribution in [0.25, 0.3) is 0 Å². The molecule has 0 aromatic carbocycles. The fourth-order valence-corrected chi connectivity index (χ4v) is 1.70. The van der Waals surface area contributed by atoms with Crippen LogP contribution in [0.1, 0.15) is 57.8 Å². The molecule has 0 aromatic heterocycles. The van der Waals surface area contributed by atoms with E-state index < -0.39 is 0 Å². The second-order valence-electron chi connectivity index (χ2n) is 3.83. The van der Waals surface area contributed by atoms with E-state index in [4.69, 9.17) is 0 Å². The molecule has 0 N–H and O–H groups in total. The van der Waals surface area contributed by atoms with Gasteiger partial charge in [0.05, 0.1) is 0 Å². The molecule has 0 bridgehead atoms. The first-order valence-electron chi connectivity index (χ1n) is 5.73. The lowest BCUT2D eigenvalue weighted by molar-refractivity contribution is 0.584. The molecule has 1 radical (unpaired) electrons. The SMILES string of the molecule is [C]1=C/CCCCCCCCC/C=C/1. The summed E-state index contributed by atoms with van der Waals surface area (Å²) in [7, 11) is 0. The van der Waals surface area contributed by atoms with Crippen molar-refractivity contribution < 1.29 is 0 Å². The van der Waals surface area contributed by atoms with Crippen molar-refractivity contribution in [1.82, 2.24) is 0 Å². The normalized spacial score (nSPS) is 26.5. The zero-order valence-electron chi connectivity index (χ0n) is 8.60. The van der Waals surface area contributed by atoms with Crippen LogP contribution in [0.3, 0.4) is 0 Å². The minimum Gasteiger partial charge on any atom is -0.0839 e. The van der Waals surface area contributed by atoms with Gasteiger partial charge >= 0.3 is 0 Å². The lowest BCUT2D eigenvalue weighted by Crippen LogP contribution is -1.79. The summed E-state index contributed by atoms with van der Waals surface area (Å²) >= 11 is 0. The first-order chi connectivity index (χ1) is 6.50. The highest BCUT2D eigenvalue weighted by Gasteiger charge is 1.91. The summed E-state index contributed by atoms with van der Waals surface area (Å²) in [5, 5.41) is 0. The van der Waals surface area contributed by atoms with Crippen LogP contribution >= 0.6 is 0 Å². The van der Waals surface area contributed by atoms with Gasteiger partial charge in [-0.15, -0.1) is 0 Å². The van der Waals surface area contributed by atoms with Crippen molar-refractivity contribution in [3.63, 3.8) is 0 Å². The first-order valence-corrected chi connectivity index (χ1v) is 5.73. The molecule has 13 heavy (non-hydrogen) atoms. The Morgan fingerprint density at radius 3 is 2.08 bits per heavy atom. The highest BCUT2D eigenvalue weighted by atomic mass is 14.0. The molecule has 1 aliphatic carbocycles. The third-order valence-corrected chi connectivity index (χ3v) is 2.55. The van der Waals surface area contributed by atoms with Crippen LogP contribution in [0.5, 0.6) is 0 Å². The summed E-state index contributed by atoms with van der Waals surface area (Å²) in [6, 6.07) is 0. The van der Waals surface area contributed by atoms with Gasteiger partial charge in [-0.3, -0.25) is 0 Å². The summed E-state index contributed by atoms with van der Waals surface area (Å²) in [4.78, 5) is 0. The zero-order chi connectivity index (χ0) is 9.19. The second-order valence-corrected chi connectivity index (χ2v) is 3.83. The van der Waals surface area contributed by atoms with Crippen LogP contribution in [0, 0.1) is 6.08 Å². The van der Waals surface area contributed by atoms with Crippen LogP contribution in [-0.4, -0.2) is 0 Å². The Bertz CT molecular complexity index is 135. The molecule has 1 aliphatic rings. The maximum atomic E-state index is 3.22. The third kappa shape index (κ3) is 6.62. The van der Waals surface area contributed by atoms with Crippen molar-refractivity contribution in [3.05, 3.63) is 24.3 Å². The zero-order valence-corrected chi connectivity index (χ0v) is 8.60. The Balaban J connectivity index is 2.18. The van der Waals surface area contributed by atoms with E-state index >= 15 is 0 Å². The smallest absolute Gasteiger partial charge is 0.0230 e. The van der Waals surface area contributed by atoms with Crippen LogP contribution < -0.4 is 0 Å². The molecule has 1 rings (SSSR count). The Labute approximate surface area is 82.7 Å². The van der Waals surface area contributed by atoms with E-state index in [0.717, 1.165) is 0 Å². The van der Waals surface area contributed by atoms with E-state index in [2.05, 4.69) is 24.3 Å². The van der Waals surface area contributed by atoms with Crippen molar-refractivity contribution in [1.29, 1.82) is 0 Å². The number of allylic oxidation sites excluding steroid dienone is 4. The van der Waals surface area contributed by atoms with E-state index in [1.165, 1.54) is 57.8 Å². The molecule has 73 valence electrons. The molecule has 0 spiro atoms. The molecule has 0 heterocycles. The molecule has 0 aliphatic heterocycles. The van der Waals surface area contributed by atoms with Gasteiger partial charge in [0.15, 0.2) is 0 Å². The molecule has 0 aromatic rings. The van der Waals surface area contributed by atoms with Gasteiger partial charge in [-0.05, 0) is 31.8 Å². The second kappa shape index (κ2) is 8.10. The number of rotatable bonds is 0. The van der Waals surface area contributed by atoms with Crippen molar-refractivity contribution in [2.24, 2.45) is 0 Å². The molecule has 0 nitrogen and oxygen atoms in total. The van der Waals surface area contributed by atoms with Gasteiger partial charge in [0.25, 0.3) is 0 Å². The number of hydrogen-bond donors (Lipinski definition) is 0. The molecular weight excluding hydrogens is 156 g/mol. The highest BCUT2D eigenvalue weighted by Crippen LogP contribution is 2.10. The van der Waals surface area contributed by atoms with Crippen molar-refractivity contribution in [3.8, 4) is 0 Å². The third-order valence-electron chi connectivity index (χ3n) is 2.55. The summed E-state index contributed by atoms with van der Waals surface area (Å²) in [5.74, 6) is 0. The molecule has 0 saturated carbocycles. The predicted molar refractivity (Wildman–Crippen MR) is 58.5 cm³/mol. The van der Waals surface area contributed by atoms with Gasteiger partial charge in [-0.2, -0.15) is 0 Å². The minimum absolute atomic E-state index is 1.21. The van der Waals surface area contributed by atoms with Gasteiger partial charge in [0.1, 0.15) is 0 Å². The summed E-state index contributed by atoms with van der Waals surface area (Å²) in [6.45, 7) is 0. The van der Waals surface area contributed by atoms with Crippen LogP contribution in [0.2, 0.25) is 0 Å². The van der Waals surface area contributed by atoms with E-state index in [0.29, 0.717) is 0 Å². The first kappa shape index (κ1) is 10.6. The summed E-state index contributed by atoms with van der Waals surface area (Å²) in [6.07, 6.45) is 22.0. The van der Waals surface area contributed by atoms with Gasteiger partial charge in [-0.25, -0.2) is 0 Å². The van der Waals surface area contributed by atoms with E-state index in [1.54, 1.807) is 0 Å². The van der Waals surface area contributed by atoms with Crippen molar-refractivity contribution in [2.45, 2.75) is 57.8 Å². The van der Waals surface area contributed by atoms with E-state index in [1.807, 2.05) is 0 Å². The lowest BCUT2D eigenvalue weighted by Gasteiger charge is -1.99. The van der Waals surface area contributed by atoms with E-state index in [-0.39, 0.29) is 0 Å². The molecule has 0 heteroatoms. The average molecular weight is 177 g/mol. The molecule has 0 atom stereocenters. The average Bonchev–Trinajstić information content (AvgIpc) is 2.18. The van der Waals surface area contributed by atoms with Crippen LogP contribution in [0.4, 0.5) is 0 Å². The fourth-order valence-electron chi connectivity index (χ4n) is 1.70. The summed E-state index contributed by atoms with van der Waals surface area (Å²) in [5.41, 5.74) is 0. The Morgan fingerprint density at radius 1 is 0.692 bits per heavy atom. The maximum absolute atomic E-state index is 3.22. The Kier molecular flexibility index (Phi) is 6.58. The minimum atomic E-state index is 1.21. The van der Waals surface area contributed by atoms with Crippen molar-refractivity contribution >= 4 is 0 Å². The summed E-state index contributed by atoms with van der Waals surface area (Å²) < 4.78 is 0. The molecule has 0 unspecified atom stereocenters. The molecule has 0 saturated heterocycles. The predicted octanol–water partition coefficient (Wildman–Crippen LogP) is 4.43. The molecule has 0 amide bonds. The largest absolute Gasteiger partial charge is 0.0839 e. The van der Waals surface area contributed by atoms with Gasteiger partial charge in [-0.1, -0.05) is 50.3 Å². The lowest BCUT2D eigenvalue weighted by atomic mass is 10.1. The standard InChI is InChI=1S/C13H21/c1-2-4-6-8-10-12-13-11-9-7-5-3-1/h1-2,6H,3,5,7-13H2/b2-1+,6-4?. The fraction of sp³-hybridized carbons (Fsp3) is 0.692. The van der Waals surface area contributed by atoms with Gasteiger partial charge in [0, 0.05) is 0 Å². The Hall–Kier alpha value is -0.520. The van der Waals surface area contributed by atoms with Crippen LogP contribution in [-0.2, 0) is 0 Å². The van der Waals surface area contributed by atoms with Gasteiger partial charge in [0.2, 0.25) is 0 Å².